The van der Waals surface area contributed by atoms with Gasteiger partial charge in [-0.1, -0.05) is 43.3 Å². The third-order valence-corrected chi connectivity index (χ3v) is 2.43. The van der Waals surface area contributed by atoms with Crippen LogP contribution in [-0.2, 0) is 6.42 Å². The Labute approximate surface area is 92.6 Å². The second-order valence-corrected chi connectivity index (χ2v) is 3.55. The van der Waals surface area contributed by atoms with Gasteiger partial charge in [0.1, 0.15) is 0 Å². The maximum absolute atomic E-state index is 3.14. The summed E-state index contributed by atoms with van der Waals surface area (Å²) in [6.45, 7) is 2.16. The molecule has 1 aromatic rings. The molecule has 0 radical (unpaired) electrons. The molecule has 15 heavy (non-hydrogen) atoms. The summed E-state index contributed by atoms with van der Waals surface area (Å²) in [6, 6.07) is 10.5. The number of hydrazine groups is 1. The van der Waals surface area contributed by atoms with Gasteiger partial charge in [0.2, 0.25) is 0 Å². The molecule has 0 saturated carbocycles. The number of rotatable bonds is 5. The molecule has 0 atom stereocenters. The van der Waals surface area contributed by atoms with E-state index in [1.165, 1.54) is 11.3 Å². The fourth-order valence-electron chi connectivity index (χ4n) is 1.51. The van der Waals surface area contributed by atoms with E-state index in [1.54, 1.807) is 0 Å². The van der Waals surface area contributed by atoms with Crippen LogP contribution in [0, 0.1) is 0 Å². The second-order valence-electron chi connectivity index (χ2n) is 3.55. The first-order valence-corrected chi connectivity index (χ1v) is 5.42. The summed E-state index contributed by atoms with van der Waals surface area (Å²) in [4.78, 5) is 0. The zero-order valence-corrected chi connectivity index (χ0v) is 9.83. The normalized spacial score (nSPS) is 11.5. The van der Waals surface area contributed by atoms with Crippen LogP contribution in [0.1, 0.15) is 18.9 Å². The zero-order valence-electron chi connectivity index (χ0n) is 9.83. The summed E-state index contributed by atoms with van der Waals surface area (Å²) < 4.78 is 0. The minimum absolute atomic E-state index is 0.978. The van der Waals surface area contributed by atoms with Gasteiger partial charge in [-0.15, -0.1) is 0 Å². The predicted molar refractivity (Wildman–Crippen MR) is 65.3 cm³/mol. The van der Waals surface area contributed by atoms with Gasteiger partial charge in [-0.2, -0.15) is 0 Å². The van der Waals surface area contributed by atoms with Gasteiger partial charge in [0, 0.05) is 26.2 Å². The number of nitrogens with one attached hydrogen (secondary N) is 1. The third-order valence-electron chi connectivity index (χ3n) is 2.43. The number of benzene rings is 1. The van der Waals surface area contributed by atoms with E-state index in [0.717, 1.165) is 12.8 Å². The van der Waals surface area contributed by atoms with Crippen molar-refractivity contribution >= 4 is 0 Å². The summed E-state index contributed by atoms with van der Waals surface area (Å²) in [6.07, 6.45) is 4.30. The van der Waals surface area contributed by atoms with Gasteiger partial charge in [-0.25, -0.2) is 5.43 Å². The minimum atomic E-state index is 0.978. The Hall–Kier alpha value is -1.28. The highest BCUT2D eigenvalue weighted by Crippen LogP contribution is 2.10. The molecular formula is C13H20N2. The summed E-state index contributed by atoms with van der Waals surface area (Å²) in [5.41, 5.74) is 5.79. The molecule has 0 amide bonds. The highest BCUT2D eigenvalue weighted by atomic mass is 15.5. The molecule has 0 aliphatic heterocycles. The maximum atomic E-state index is 3.14. The molecule has 0 aliphatic rings. The second kappa shape index (κ2) is 6.25. The van der Waals surface area contributed by atoms with Crippen molar-refractivity contribution in [2.75, 3.05) is 14.1 Å². The largest absolute Gasteiger partial charge is 0.316 e. The lowest BCUT2D eigenvalue weighted by atomic mass is 10.1. The quantitative estimate of drug-likeness (QED) is 0.742. The molecule has 2 heteroatoms. The predicted octanol–water partition coefficient (Wildman–Crippen LogP) is 2.59. The first-order chi connectivity index (χ1) is 7.27. The van der Waals surface area contributed by atoms with Crippen molar-refractivity contribution in [1.29, 1.82) is 0 Å². The first kappa shape index (κ1) is 11.8. The van der Waals surface area contributed by atoms with E-state index in [-0.39, 0.29) is 0 Å². The summed E-state index contributed by atoms with van der Waals surface area (Å²) >= 11 is 0. The van der Waals surface area contributed by atoms with Crippen LogP contribution in [0.4, 0.5) is 0 Å². The Bertz CT molecular complexity index is 304. The molecule has 0 saturated heterocycles. The molecule has 1 rings (SSSR count). The molecule has 2 nitrogen and oxygen atoms in total. The maximum Gasteiger partial charge on any atom is 0.0294 e. The molecule has 1 N–H and O–H groups in total. The smallest absolute Gasteiger partial charge is 0.0294 e. The van der Waals surface area contributed by atoms with E-state index in [0.29, 0.717) is 0 Å². The van der Waals surface area contributed by atoms with Gasteiger partial charge >= 0.3 is 0 Å². The van der Waals surface area contributed by atoms with E-state index in [4.69, 9.17) is 0 Å². The number of nitrogens with zero attached hydrogens (tertiary/aromatic N) is 1. The molecule has 0 unspecified atom stereocenters. The van der Waals surface area contributed by atoms with Crippen LogP contribution in [0.15, 0.2) is 42.1 Å². The van der Waals surface area contributed by atoms with Crippen LogP contribution in [0.2, 0.25) is 0 Å². The summed E-state index contributed by atoms with van der Waals surface area (Å²) in [5, 5.41) is 2.07. The lowest BCUT2D eigenvalue weighted by Crippen LogP contribution is -2.30. The first-order valence-electron chi connectivity index (χ1n) is 5.42. The Kier molecular flexibility index (Phi) is 4.91. The van der Waals surface area contributed by atoms with Crippen molar-refractivity contribution < 1.29 is 0 Å². The molecule has 0 aromatic heterocycles. The molecule has 0 fully saturated rings. The van der Waals surface area contributed by atoms with Crippen molar-refractivity contribution in [3.8, 4) is 0 Å². The molecule has 0 heterocycles. The van der Waals surface area contributed by atoms with Crippen molar-refractivity contribution in [3.63, 3.8) is 0 Å². The van der Waals surface area contributed by atoms with E-state index in [2.05, 4.69) is 53.8 Å². The number of allylic oxidation sites excluding steroid dienone is 2. The van der Waals surface area contributed by atoms with Crippen LogP contribution < -0.4 is 5.43 Å². The Morgan fingerprint density at radius 1 is 1.33 bits per heavy atom. The fourth-order valence-corrected chi connectivity index (χ4v) is 1.51. The fraction of sp³-hybridized carbons (Fsp3) is 0.385. The number of hydrogen-bond acceptors (Lipinski definition) is 2. The van der Waals surface area contributed by atoms with E-state index < -0.39 is 0 Å². The van der Waals surface area contributed by atoms with Crippen molar-refractivity contribution in [2.45, 2.75) is 19.8 Å². The minimum Gasteiger partial charge on any atom is -0.316 e. The van der Waals surface area contributed by atoms with Crippen molar-refractivity contribution in [3.05, 3.63) is 47.7 Å². The lowest BCUT2D eigenvalue weighted by molar-refractivity contribution is 0.324. The van der Waals surface area contributed by atoms with Crippen LogP contribution in [-0.4, -0.2) is 19.1 Å². The van der Waals surface area contributed by atoms with Crippen LogP contribution >= 0.6 is 0 Å². The van der Waals surface area contributed by atoms with Gasteiger partial charge in [-0.05, 0) is 12.0 Å². The monoisotopic (exact) mass is 204 g/mol. The van der Waals surface area contributed by atoms with Crippen LogP contribution in [0.25, 0.3) is 0 Å². The van der Waals surface area contributed by atoms with Gasteiger partial charge in [0.25, 0.3) is 0 Å². The highest BCUT2D eigenvalue weighted by Gasteiger charge is 2.02. The Balaban J connectivity index is 2.72. The van der Waals surface area contributed by atoms with Crippen molar-refractivity contribution in [2.24, 2.45) is 0 Å². The SMILES string of the molecule is CC/C=C(/Cc1ccccc1)N(C)NC. The average Bonchev–Trinajstić information content (AvgIpc) is 2.29. The van der Waals surface area contributed by atoms with E-state index in [9.17, 15) is 0 Å². The standard InChI is InChI=1S/C13H20N2/c1-4-8-13(15(3)14-2)11-12-9-6-5-7-10-12/h5-10,14H,4,11H2,1-3H3/b13-8-. The topological polar surface area (TPSA) is 15.3 Å². The third kappa shape index (κ3) is 3.76. The Morgan fingerprint density at radius 3 is 2.53 bits per heavy atom. The Morgan fingerprint density at radius 2 is 2.00 bits per heavy atom. The van der Waals surface area contributed by atoms with E-state index in [1.807, 2.05) is 14.1 Å². The average molecular weight is 204 g/mol. The molecular weight excluding hydrogens is 184 g/mol. The van der Waals surface area contributed by atoms with Gasteiger partial charge in [-0.3, -0.25) is 0 Å². The molecule has 0 spiro atoms. The van der Waals surface area contributed by atoms with Crippen LogP contribution in [0.3, 0.4) is 0 Å². The van der Waals surface area contributed by atoms with Gasteiger partial charge < -0.3 is 5.01 Å². The summed E-state index contributed by atoms with van der Waals surface area (Å²) in [5.74, 6) is 0. The van der Waals surface area contributed by atoms with Gasteiger partial charge in [0.15, 0.2) is 0 Å². The highest BCUT2D eigenvalue weighted by molar-refractivity contribution is 5.21. The molecule has 0 aliphatic carbocycles. The van der Waals surface area contributed by atoms with Crippen LogP contribution in [0.5, 0.6) is 0 Å². The lowest BCUT2D eigenvalue weighted by Gasteiger charge is -2.21. The van der Waals surface area contributed by atoms with Crippen molar-refractivity contribution in [1.82, 2.24) is 10.4 Å². The number of likely N-dealkylation sites (N-methyl/N-ethyl adjacent to an activating group) is 1. The number of hydrogen-bond donors (Lipinski definition) is 1. The van der Waals surface area contributed by atoms with Gasteiger partial charge in [0.05, 0.1) is 0 Å². The molecule has 82 valence electrons. The van der Waals surface area contributed by atoms with E-state index >= 15 is 0 Å². The summed E-state index contributed by atoms with van der Waals surface area (Å²) in [7, 11) is 3.99. The molecule has 0 bridgehead atoms. The zero-order chi connectivity index (χ0) is 11.1. The molecule has 1 aromatic carbocycles.